The van der Waals surface area contributed by atoms with Crippen LogP contribution in [0.4, 0.5) is 8.78 Å². The quantitative estimate of drug-likeness (QED) is 0.868. The zero-order chi connectivity index (χ0) is 19.8. The van der Waals surface area contributed by atoms with E-state index >= 15 is 0 Å². The molecule has 0 amide bonds. The van der Waals surface area contributed by atoms with Gasteiger partial charge in [0, 0.05) is 24.9 Å². The summed E-state index contributed by atoms with van der Waals surface area (Å²) in [5.74, 6) is -3.30. The number of benzene rings is 1. The predicted molar refractivity (Wildman–Crippen MR) is 93.3 cm³/mol. The number of halogens is 2. The van der Waals surface area contributed by atoms with Crippen molar-refractivity contribution in [2.45, 2.75) is 12.8 Å². The maximum Gasteiger partial charge on any atom is 0.191 e. The average molecular weight is 365 g/mol. The Kier molecular flexibility index (Phi) is 4.70. The van der Waals surface area contributed by atoms with Gasteiger partial charge >= 0.3 is 0 Å². The smallest absolute Gasteiger partial charge is 0.191 e. The summed E-state index contributed by atoms with van der Waals surface area (Å²) in [6.07, 6.45) is 1.87. The van der Waals surface area contributed by atoms with E-state index in [0.29, 0.717) is 24.2 Å². The van der Waals surface area contributed by atoms with Crippen molar-refractivity contribution in [1.82, 2.24) is 4.90 Å². The third kappa shape index (κ3) is 2.67. The first-order valence-electron chi connectivity index (χ1n) is 8.54. The molecule has 7 heteroatoms. The number of nitrogens with zero attached hydrogens (tertiary/aromatic N) is 4. The topological polar surface area (TPSA) is 101 Å². The first kappa shape index (κ1) is 18.6. The van der Waals surface area contributed by atoms with Gasteiger partial charge in [0.15, 0.2) is 17.0 Å². The Morgan fingerprint density at radius 2 is 1.93 bits per heavy atom. The van der Waals surface area contributed by atoms with Crippen molar-refractivity contribution < 1.29 is 8.78 Å². The Balaban J connectivity index is 2.32. The first-order valence-corrected chi connectivity index (χ1v) is 8.54. The minimum absolute atomic E-state index is 0.128. The van der Waals surface area contributed by atoms with E-state index in [0.717, 1.165) is 18.7 Å². The molecule has 1 heterocycles. The molecule has 0 spiro atoms. The van der Waals surface area contributed by atoms with Crippen LogP contribution in [-0.4, -0.2) is 24.5 Å². The van der Waals surface area contributed by atoms with Crippen LogP contribution in [0.15, 0.2) is 41.1 Å². The molecular formula is C20H17F2N5. The molecule has 3 rings (SSSR count). The number of fused-ring (bicyclic) bond motifs is 1. The van der Waals surface area contributed by atoms with Crippen molar-refractivity contribution in [3.05, 3.63) is 58.3 Å². The molecule has 2 atom stereocenters. The maximum absolute atomic E-state index is 13.9. The van der Waals surface area contributed by atoms with Gasteiger partial charge in [-0.1, -0.05) is 19.1 Å². The number of hydrogen-bond acceptors (Lipinski definition) is 5. The van der Waals surface area contributed by atoms with Gasteiger partial charge in [-0.2, -0.15) is 15.8 Å². The number of likely N-dealkylation sites (N-methyl/N-ethyl adjacent to an activating group) is 1. The Hall–Kier alpha value is -3.21. The highest BCUT2D eigenvalue weighted by Crippen LogP contribution is 2.54. The molecule has 5 nitrogen and oxygen atoms in total. The summed E-state index contributed by atoms with van der Waals surface area (Å²) in [6.45, 7) is 3.80. The van der Waals surface area contributed by atoms with Gasteiger partial charge in [-0.3, -0.25) is 4.90 Å². The molecule has 0 unspecified atom stereocenters. The van der Waals surface area contributed by atoms with Crippen molar-refractivity contribution in [1.29, 1.82) is 15.8 Å². The molecule has 1 aliphatic heterocycles. The van der Waals surface area contributed by atoms with Gasteiger partial charge in [0.2, 0.25) is 0 Å². The molecule has 27 heavy (non-hydrogen) atoms. The Bertz CT molecular complexity index is 960. The molecule has 2 N–H and O–H groups in total. The highest BCUT2D eigenvalue weighted by molar-refractivity contribution is 5.59. The number of nitriles is 3. The van der Waals surface area contributed by atoms with Gasteiger partial charge in [0.25, 0.3) is 0 Å². The van der Waals surface area contributed by atoms with E-state index in [2.05, 4.69) is 4.90 Å². The molecule has 0 saturated carbocycles. The molecule has 1 aromatic rings. The number of nitrogens with two attached hydrogens (primary N) is 1. The van der Waals surface area contributed by atoms with Gasteiger partial charge < -0.3 is 5.73 Å². The molecule has 2 aliphatic rings. The number of allylic oxidation sites excluding steroid dienone is 2. The van der Waals surface area contributed by atoms with Gasteiger partial charge in [-0.25, -0.2) is 8.78 Å². The second kappa shape index (κ2) is 6.83. The van der Waals surface area contributed by atoms with Gasteiger partial charge in [-0.15, -0.1) is 0 Å². The van der Waals surface area contributed by atoms with E-state index in [9.17, 15) is 24.6 Å². The minimum Gasteiger partial charge on any atom is -0.399 e. The molecule has 0 bridgehead atoms. The molecular weight excluding hydrogens is 348 g/mol. The fraction of sp³-hybridized carbons (Fsp3) is 0.350. The van der Waals surface area contributed by atoms with Gasteiger partial charge in [-0.05, 0) is 29.8 Å². The lowest BCUT2D eigenvalue weighted by Gasteiger charge is -2.45. The fourth-order valence-electron chi connectivity index (χ4n) is 4.08. The molecule has 1 aliphatic carbocycles. The second-order valence-electron chi connectivity index (χ2n) is 6.70. The van der Waals surface area contributed by atoms with Crippen LogP contribution in [0.5, 0.6) is 0 Å². The summed E-state index contributed by atoms with van der Waals surface area (Å²) in [5, 5.41) is 29.4. The van der Waals surface area contributed by atoms with Gasteiger partial charge in [0.05, 0.1) is 23.4 Å². The average Bonchev–Trinajstić information content (AvgIpc) is 2.69. The standard InChI is InChI=1S/C20H17F2N5/c1-2-27-6-5-13-14(8-23)19(26)20(10-24,11-25)18(15(13)9-27)12-3-4-16(21)17(22)7-12/h3-5,7,15,18H,2,6,9,26H2,1H3/t15-,18-/m0/s1. The van der Waals surface area contributed by atoms with Crippen LogP contribution in [0.25, 0.3) is 0 Å². The number of rotatable bonds is 2. The van der Waals surface area contributed by atoms with E-state index in [1.807, 2.05) is 31.2 Å². The lowest BCUT2D eigenvalue weighted by Crippen LogP contribution is -2.48. The molecule has 136 valence electrons. The van der Waals surface area contributed by atoms with Crippen molar-refractivity contribution >= 4 is 0 Å². The van der Waals surface area contributed by atoms with E-state index in [1.165, 1.54) is 6.07 Å². The molecule has 0 radical (unpaired) electrons. The highest BCUT2D eigenvalue weighted by Gasteiger charge is 2.54. The minimum atomic E-state index is -1.84. The van der Waals surface area contributed by atoms with E-state index in [1.54, 1.807) is 0 Å². The van der Waals surface area contributed by atoms with E-state index in [-0.39, 0.29) is 11.3 Å². The third-order valence-electron chi connectivity index (χ3n) is 5.49. The normalized spacial score (nSPS) is 24.2. The summed E-state index contributed by atoms with van der Waals surface area (Å²) in [4.78, 5) is 2.09. The highest BCUT2D eigenvalue weighted by atomic mass is 19.2. The Morgan fingerprint density at radius 3 is 2.48 bits per heavy atom. The zero-order valence-corrected chi connectivity index (χ0v) is 14.7. The van der Waals surface area contributed by atoms with Crippen LogP contribution >= 0.6 is 0 Å². The molecule has 0 saturated heterocycles. The van der Waals surface area contributed by atoms with E-state index in [4.69, 9.17) is 5.73 Å². The summed E-state index contributed by atoms with van der Waals surface area (Å²) in [5.41, 5.74) is 5.29. The number of hydrogen-bond donors (Lipinski definition) is 1. The molecule has 1 aromatic carbocycles. The lowest BCUT2D eigenvalue weighted by molar-refractivity contribution is 0.214. The third-order valence-corrected chi connectivity index (χ3v) is 5.49. The van der Waals surface area contributed by atoms with Crippen LogP contribution in [0, 0.1) is 57.0 Å². The van der Waals surface area contributed by atoms with Crippen LogP contribution < -0.4 is 5.73 Å². The predicted octanol–water partition coefficient (Wildman–Crippen LogP) is 2.71. The van der Waals surface area contributed by atoms with Crippen LogP contribution in [0.1, 0.15) is 18.4 Å². The van der Waals surface area contributed by atoms with Crippen LogP contribution in [0.3, 0.4) is 0 Å². The first-order chi connectivity index (χ1) is 12.9. The second-order valence-corrected chi connectivity index (χ2v) is 6.70. The van der Waals surface area contributed by atoms with E-state index < -0.39 is 28.9 Å². The summed E-state index contributed by atoms with van der Waals surface area (Å²) >= 11 is 0. The lowest BCUT2D eigenvalue weighted by atomic mass is 9.58. The fourth-order valence-corrected chi connectivity index (χ4v) is 4.08. The summed E-state index contributed by atoms with van der Waals surface area (Å²) in [7, 11) is 0. The van der Waals surface area contributed by atoms with Crippen molar-refractivity contribution in [3.8, 4) is 18.2 Å². The monoisotopic (exact) mass is 365 g/mol. The molecule has 0 fully saturated rings. The summed E-state index contributed by atoms with van der Waals surface area (Å²) < 4.78 is 27.4. The van der Waals surface area contributed by atoms with Crippen molar-refractivity contribution in [2.24, 2.45) is 17.1 Å². The summed E-state index contributed by atoms with van der Waals surface area (Å²) in [6, 6.07) is 9.34. The van der Waals surface area contributed by atoms with Crippen molar-refractivity contribution in [3.63, 3.8) is 0 Å². The molecule has 0 aromatic heterocycles. The van der Waals surface area contributed by atoms with Crippen LogP contribution in [-0.2, 0) is 0 Å². The Morgan fingerprint density at radius 1 is 1.22 bits per heavy atom. The van der Waals surface area contributed by atoms with Gasteiger partial charge in [0.1, 0.15) is 6.07 Å². The van der Waals surface area contributed by atoms with Crippen LogP contribution in [0.2, 0.25) is 0 Å². The maximum atomic E-state index is 13.9. The zero-order valence-electron chi connectivity index (χ0n) is 14.7. The largest absolute Gasteiger partial charge is 0.399 e. The SMILES string of the molecule is CCN1CC=C2C(C#N)=C(N)C(C#N)(C#N)[C@@H](c3ccc(F)c(F)c3)[C@H]2C1. The van der Waals surface area contributed by atoms with Crippen molar-refractivity contribution in [2.75, 3.05) is 19.6 Å². The Labute approximate surface area is 156 Å².